The highest BCUT2D eigenvalue weighted by molar-refractivity contribution is 6.30. The predicted molar refractivity (Wildman–Crippen MR) is 107 cm³/mol. The van der Waals surface area contributed by atoms with Gasteiger partial charge in [0.15, 0.2) is 6.61 Å². The van der Waals surface area contributed by atoms with E-state index in [0.717, 1.165) is 38.8 Å². The Hall–Kier alpha value is -1.90. The number of carbonyl (C=O) groups excluding carboxylic acids is 1. The fraction of sp³-hybridized carbons (Fsp3) is 0.619. The fourth-order valence-corrected chi connectivity index (χ4v) is 5.02. The summed E-state index contributed by atoms with van der Waals surface area (Å²) in [5.74, 6) is -0.287. The summed E-state index contributed by atoms with van der Waals surface area (Å²) in [7, 11) is 0. The molecule has 1 aromatic rings. The minimum atomic E-state index is -0.923. The molecule has 4 rings (SSSR count). The zero-order valence-electron chi connectivity index (χ0n) is 16.6. The van der Waals surface area contributed by atoms with Gasteiger partial charge in [0.2, 0.25) is 0 Å². The number of likely N-dealkylation sites (tertiary alicyclic amines) is 1. The number of benzene rings is 1. The topological polar surface area (TPSA) is 88.1 Å². The van der Waals surface area contributed by atoms with Crippen LogP contribution in [0.5, 0.6) is 5.75 Å². The van der Waals surface area contributed by atoms with Gasteiger partial charge >= 0.3 is 5.97 Å². The molecule has 2 N–H and O–H groups in total. The lowest BCUT2D eigenvalue weighted by Crippen LogP contribution is -2.48. The first kappa shape index (κ1) is 21.3. The van der Waals surface area contributed by atoms with Crippen LogP contribution in [0.4, 0.5) is 4.39 Å². The standard InChI is InChI=1S/C21H26ClFN2O5/c22-18-2-1-16(7-19(18)23)29-10-20(26)24-14-3-12-8-25(9-13(12)4-14)15-5-17(6-15)30-11-21(27)28/h1-2,7,12-15,17H,3-6,8-11H2,(H,24,26)(H,27,28)/t12-,13+,14-,15?,17?. The molecule has 0 bridgehead atoms. The van der Waals surface area contributed by atoms with Crippen molar-refractivity contribution in [2.75, 3.05) is 26.3 Å². The zero-order valence-corrected chi connectivity index (χ0v) is 17.3. The molecule has 3 atom stereocenters. The summed E-state index contributed by atoms with van der Waals surface area (Å²) in [5.41, 5.74) is 0. The molecule has 0 unspecified atom stereocenters. The molecule has 1 heterocycles. The number of nitrogens with zero attached hydrogens (tertiary/aromatic N) is 1. The van der Waals surface area contributed by atoms with E-state index in [9.17, 15) is 14.0 Å². The van der Waals surface area contributed by atoms with Crippen LogP contribution in [0.2, 0.25) is 5.02 Å². The van der Waals surface area contributed by atoms with E-state index in [1.807, 2.05) is 0 Å². The third kappa shape index (κ3) is 5.04. The van der Waals surface area contributed by atoms with Crippen molar-refractivity contribution in [2.45, 2.75) is 43.9 Å². The molecule has 164 valence electrons. The SMILES string of the molecule is O=C(O)COC1CC(N2C[C@H]3C[C@@H](NC(=O)COc4ccc(Cl)c(F)c4)C[C@H]3C2)C1. The first-order valence-corrected chi connectivity index (χ1v) is 10.7. The highest BCUT2D eigenvalue weighted by Crippen LogP contribution is 2.41. The maximum atomic E-state index is 13.4. The molecule has 0 spiro atoms. The highest BCUT2D eigenvalue weighted by Gasteiger charge is 2.45. The number of ether oxygens (including phenoxy) is 2. The van der Waals surface area contributed by atoms with Crippen LogP contribution in [0, 0.1) is 17.7 Å². The highest BCUT2D eigenvalue weighted by atomic mass is 35.5. The van der Waals surface area contributed by atoms with Crippen LogP contribution in [-0.4, -0.2) is 66.4 Å². The van der Waals surface area contributed by atoms with Gasteiger partial charge in [-0.3, -0.25) is 9.69 Å². The van der Waals surface area contributed by atoms with Gasteiger partial charge in [-0.2, -0.15) is 0 Å². The summed E-state index contributed by atoms with van der Waals surface area (Å²) in [6, 6.07) is 4.73. The van der Waals surface area contributed by atoms with Gasteiger partial charge in [-0.05, 0) is 49.7 Å². The van der Waals surface area contributed by atoms with Crippen molar-refractivity contribution in [1.82, 2.24) is 10.2 Å². The molecule has 1 aliphatic heterocycles. The summed E-state index contributed by atoms with van der Waals surface area (Å²) >= 11 is 5.64. The van der Waals surface area contributed by atoms with Crippen molar-refractivity contribution in [3.63, 3.8) is 0 Å². The Balaban J connectivity index is 1.15. The van der Waals surface area contributed by atoms with Crippen molar-refractivity contribution in [1.29, 1.82) is 0 Å². The van der Waals surface area contributed by atoms with Crippen molar-refractivity contribution >= 4 is 23.5 Å². The van der Waals surface area contributed by atoms with Crippen molar-refractivity contribution in [2.24, 2.45) is 11.8 Å². The van der Waals surface area contributed by atoms with Gasteiger partial charge in [-0.25, -0.2) is 9.18 Å². The predicted octanol–water partition coefficient (Wildman–Crippen LogP) is 2.32. The summed E-state index contributed by atoms with van der Waals surface area (Å²) in [4.78, 5) is 25.3. The van der Waals surface area contributed by atoms with Crippen molar-refractivity contribution in [3.05, 3.63) is 29.0 Å². The van der Waals surface area contributed by atoms with Crippen LogP contribution in [0.15, 0.2) is 18.2 Å². The lowest BCUT2D eigenvalue weighted by molar-refractivity contribution is -0.148. The largest absolute Gasteiger partial charge is 0.484 e. The van der Waals surface area contributed by atoms with Gasteiger partial charge in [0, 0.05) is 31.2 Å². The van der Waals surface area contributed by atoms with E-state index < -0.39 is 11.8 Å². The Morgan fingerprint density at radius 1 is 1.17 bits per heavy atom. The molecule has 9 heteroatoms. The molecular weight excluding hydrogens is 415 g/mol. The third-order valence-corrected chi connectivity index (χ3v) is 6.74. The molecule has 30 heavy (non-hydrogen) atoms. The first-order valence-electron chi connectivity index (χ1n) is 10.3. The lowest BCUT2D eigenvalue weighted by atomic mass is 9.88. The Labute approximate surface area is 179 Å². The molecule has 1 saturated heterocycles. The molecule has 1 amide bonds. The van der Waals surface area contributed by atoms with Crippen molar-refractivity contribution < 1.29 is 28.6 Å². The Kier molecular flexibility index (Phi) is 6.46. The number of carboxylic acid groups (broad SMARTS) is 1. The fourth-order valence-electron chi connectivity index (χ4n) is 4.90. The number of hydrogen-bond donors (Lipinski definition) is 2. The quantitative estimate of drug-likeness (QED) is 0.645. The van der Waals surface area contributed by atoms with Crippen LogP contribution < -0.4 is 10.1 Å². The summed E-state index contributed by atoms with van der Waals surface area (Å²) in [6.45, 7) is 1.67. The molecule has 0 aromatic heterocycles. The van der Waals surface area contributed by atoms with Gasteiger partial charge in [0.1, 0.15) is 18.2 Å². The number of fused-ring (bicyclic) bond motifs is 1. The molecule has 7 nitrogen and oxygen atoms in total. The van der Waals surface area contributed by atoms with E-state index in [1.54, 1.807) is 0 Å². The van der Waals surface area contributed by atoms with Gasteiger partial charge in [-0.15, -0.1) is 0 Å². The summed E-state index contributed by atoms with van der Waals surface area (Å²) < 4.78 is 24.1. The number of nitrogens with one attached hydrogen (secondary N) is 1. The molecule has 2 aliphatic carbocycles. The first-order chi connectivity index (χ1) is 14.4. The van der Waals surface area contributed by atoms with E-state index in [0.29, 0.717) is 17.9 Å². The zero-order chi connectivity index (χ0) is 21.3. The average Bonchev–Trinajstić information content (AvgIpc) is 3.19. The van der Waals surface area contributed by atoms with Crippen LogP contribution in [-0.2, 0) is 14.3 Å². The number of halogens is 2. The monoisotopic (exact) mass is 440 g/mol. The second kappa shape index (κ2) is 9.08. The second-order valence-corrected chi connectivity index (χ2v) is 8.93. The lowest BCUT2D eigenvalue weighted by Gasteiger charge is -2.41. The van der Waals surface area contributed by atoms with Crippen LogP contribution in [0.25, 0.3) is 0 Å². The average molecular weight is 441 g/mol. The molecule has 2 saturated carbocycles. The number of carboxylic acids is 1. The molecule has 0 radical (unpaired) electrons. The van der Waals surface area contributed by atoms with E-state index >= 15 is 0 Å². The second-order valence-electron chi connectivity index (χ2n) is 8.53. The van der Waals surface area contributed by atoms with E-state index in [4.69, 9.17) is 26.2 Å². The molecule has 1 aromatic carbocycles. The number of carbonyl (C=O) groups is 2. The van der Waals surface area contributed by atoms with Gasteiger partial charge in [0.25, 0.3) is 5.91 Å². The minimum absolute atomic E-state index is 0.0172. The maximum absolute atomic E-state index is 13.4. The molecule has 3 aliphatic rings. The van der Waals surface area contributed by atoms with Gasteiger partial charge < -0.3 is 19.9 Å². The smallest absolute Gasteiger partial charge is 0.329 e. The molecular formula is C21H26ClFN2O5. The van der Waals surface area contributed by atoms with Crippen LogP contribution in [0.3, 0.4) is 0 Å². The minimum Gasteiger partial charge on any atom is -0.484 e. The number of rotatable bonds is 8. The Morgan fingerprint density at radius 3 is 2.50 bits per heavy atom. The van der Waals surface area contributed by atoms with E-state index in [-0.39, 0.29) is 42.0 Å². The Bertz CT molecular complexity index is 790. The summed E-state index contributed by atoms with van der Waals surface area (Å²) in [5, 5.41) is 11.7. The third-order valence-electron chi connectivity index (χ3n) is 6.43. The van der Waals surface area contributed by atoms with Crippen molar-refractivity contribution in [3.8, 4) is 5.75 Å². The Morgan fingerprint density at radius 2 is 1.87 bits per heavy atom. The summed E-state index contributed by atoms with van der Waals surface area (Å²) in [6.07, 6.45) is 3.76. The number of hydrogen-bond acceptors (Lipinski definition) is 5. The van der Waals surface area contributed by atoms with Crippen LogP contribution in [0.1, 0.15) is 25.7 Å². The van der Waals surface area contributed by atoms with Gasteiger partial charge in [-0.1, -0.05) is 11.6 Å². The van der Waals surface area contributed by atoms with Gasteiger partial charge in [0.05, 0.1) is 11.1 Å². The normalized spacial score (nSPS) is 30.5. The van der Waals surface area contributed by atoms with E-state index in [1.165, 1.54) is 18.2 Å². The van der Waals surface area contributed by atoms with E-state index in [2.05, 4.69) is 10.2 Å². The maximum Gasteiger partial charge on any atom is 0.329 e. The van der Waals surface area contributed by atoms with Crippen LogP contribution >= 0.6 is 11.6 Å². The number of amides is 1. The number of aliphatic carboxylic acids is 1. The molecule has 3 fully saturated rings.